The van der Waals surface area contributed by atoms with Gasteiger partial charge in [-0.3, -0.25) is 0 Å². The second-order valence-electron chi connectivity index (χ2n) is 6.88. The smallest absolute Gasteiger partial charge is 0.103 e. The zero-order chi connectivity index (χ0) is 16.4. The monoisotopic (exact) mass is 317 g/mol. The van der Waals surface area contributed by atoms with Crippen molar-refractivity contribution in [3.05, 3.63) is 77.9 Å². The number of hydrogen-bond donors (Lipinski definition) is 1. The van der Waals surface area contributed by atoms with Crippen LogP contribution in [0.2, 0.25) is 0 Å². The Bertz CT molecular complexity index is 832. The molecule has 2 heteroatoms. The van der Waals surface area contributed by atoms with Crippen LogP contribution >= 0.6 is 0 Å². The molecule has 1 fully saturated rings. The molecule has 122 valence electrons. The van der Waals surface area contributed by atoms with Crippen molar-refractivity contribution in [1.82, 2.24) is 0 Å². The molecule has 0 spiro atoms. The molecular weight excluding hydrogens is 292 g/mol. The lowest BCUT2D eigenvalue weighted by molar-refractivity contribution is -0.914. The van der Waals surface area contributed by atoms with Crippen LogP contribution in [0.4, 0.5) is 5.69 Å². The molecule has 24 heavy (non-hydrogen) atoms. The number of piperazine rings is 1. The second kappa shape index (κ2) is 6.66. The van der Waals surface area contributed by atoms with Crippen molar-refractivity contribution in [2.24, 2.45) is 0 Å². The van der Waals surface area contributed by atoms with Gasteiger partial charge in [0, 0.05) is 11.3 Å². The average Bonchev–Trinajstić information content (AvgIpc) is 2.63. The van der Waals surface area contributed by atoms with Gasteiger partial charge in [-0.25, -0.2) is 0 Å². The molecule has 4 rings (SSSR count). The largest absolute Gasteiger partial charge is 0.360 e. The zero-order valence-electron chi connectivity index (χ0n) is 14.3. The summed E-state index contributed by atoms with van der Waals surface area (Å²) in [7, 11) is 0. The average molecular weight is 317 g/mol. The number of fused-ring (bicyclic) bond motifs is 1. The van der Waals surface area contributed by atoms with Crippen molar-refractivity contribution in [2.45, 2.75) is 13.5 Å². The highest BCUT2D eigenvalue weighted by Gasteiger charge is 2.21. The minimum absolute atomic E-state index is 1.13. The predicted octanol–water partition coefficient (Wildman–Crippen LogP) is 3.05. The summed E-state index contributed by atoms with van der Waals surface area (Å²) < 4.78 is 0. The fourth-order valence-electron chi connectivity index (χ4n) is 3.80. The summed E-state index contributed by atoms with van der Waals surface area (Å²) in [6, 6.07) is 24.3. The Morgan fingerprint density at radius 3 is 2.33 bits per heavy atom. The van der Waals surface area contributed by atoms with Gasteiger partial charge in [0.2, 0.25) is 0 Å². The number of para-hydroxylation sites is 1. The Morgan fingerprint density at radius 1 is 0.833 bits per heavy atom. The van der Waals surface area contributed by atoms with Crippen LogP contribution < -0.4 is 9.80 Å². The minimum Gasteiger partial charge on any atom is -0.360 e. The highest BCUT2D eigenvalue weighted by atomic mass is 15.3. The zero-order valence-corrected chi connectivity index (χ0v) is 14.3. The quantitative estimate of drug-likeness (QED) is 0.780. The van der Waals surface area contributed by atoms with E-state index in [1.165, 1.54) is 40.7 Å². The van der Waals surface area contributed by atoms with E-state index in [1.54, 1.807) is 4.90 Å². The van der Waals surface area contributed by atoms with Crippen molar-refractivity contribution < 1.29 is 4.90 Å². The molecule has 1 aliphatic rings. The summed E-state index contributed by atoms with van der Waals surface area (Å²) in [5.41, 5.74) is 4.24. The van der Waals surface area contributed by atoms with Crippen LogP contribution in [0, 0.1) is 6.92 Å². The van der Waals surface area contributed by atoms with Crippen molar-refractivity contribution in [2.75, 3.05) is 31.1 Å². The molecular formula is C22H25N2+. The van der Waals surface area contributed by atoms with E-state index in [2.05, 4.69) is 78.6 Å². The fourth-order valence-corrected chi connectivity index (χ4v) is 3.80. The third kappa shape index (κ3) is 3.15. The molecule has 0 amide bonds. The standard InChI is InChI=1S/C22H24N2/c1-18-6-2-5-9-22(18)24-14-12-23(13-15-24)17-19-10-11-20-7-3-4-8-21(20)16-19/h2-11,16H,12-15,17H2,1H3/p+1. The molecule has 3 aromatic rings. The van der Waals surface area contributed by atoms with Crippen molar-refractivity contribution >= 4 is 16.5 Å². The van der Waals surface area contributed by atoms with E-state index in [0.29, 0.717) is 0 Å². The molecule has 0 saturated carbocycles. The van der Waals surface area contributed by atoms with Gasteiger partial charge in [0.1, 0.15) is 6.54 Å². The summed E-state index contributed by atoms with van der Waals surface area (Å²) >= 11 is 0. The first-order chi connectivity index (χ1) is 11.8. The Labute approximate surface area is 144 Å². The summed E-state index contributed by atoms with van der Waals surface area (Å²) in [5.74, 6) is 0. The third-order valence-electron chi connectivity index (χ3n) is 5.19. The van der Waals surface area contributed by atoms with Gasteiger partial charge in [-0.15, -0.1) is 0 Å². The second-order valence-corrected chi connectivity index (χ2v) is 6.88. The number of rotatable bonds is 3. The predicted molar refractivity (Wildman–Crippen MR) is 102 cm³/mol. The summed E-state index contributed by atoms with van der Waals surface area (Å²) in [4.78, 5) is 4.23. The van der Waals surface area contributed by atoms with Crippen LogP contribution in [-0.2, 0) is 6.54 Å². The SMILES string of the molecule is Cc1ccccc1N1CC[NH+](Cc2ccc3ccccc3c2)CC1. The molecule has 0 radical (unpaired) electrons. The Kier molecular flexibility index (Phi) is 4.22. The maximum Gasteiger partial charge on any atom is 0.103 e. The van der Waals surface area contributed by atoms with Gasteiger partial charge in [-0.1, -0.05) is 54.6 Å². The van der Waals surface area contributed by atoms with E-state index in [1.807, 2.05) is 0 Å². The van der Waals surface area contributed by atoms with Gasteiger partial charge < -0.3 is 9.80 Å². The van der Waals surface area contributed by atoms with Crippen LogP contribution in [0.25, 0.3) is 10.8 Å². The van der Waals surface area contributed by atoms with Crippen LogP contribution in [0.5, 0.6) is 0 Å². The highest BCUT2D eigenvalue weighted by Crippen LogP contribution is 2.19. The number of benzene rings is 3. The topological polar surface area (TPSA) is 7.68 Å². The fraction of sp³-hybridized carbons (Fsp3) is 0.273. The van der Waals surface area contributed by atoms with E-state index in [9.17, 15) is 0 Å². The van der Waals surface area contributed by atoms with E-state index in [4.69, 9.17) is 0 Å². The molecule has 1 aliphatic heterocycles. The van der Waals surface area contributed by atoms with Crippen molar-refractivity contribution in [3.63, 3.8) is 0 Å². The highest BCUT2D eigenvalue weighted by molar-refractivity contribution is 5.82. The lowest BCUT2D eigenvalue weighted by atomic mass is 10.1. The number of hydrogen-bond acceptors (Lipinski definition) is 1. The molecule has 1 saturated heterocycles. The summed E-state index contributed by atoms with van der Waals surface area (Å²) in [6.07, 6.45) is 0. The van der Waals surface area contributed by atoms with Gasteiger partial charge in [0.15, 0.2) is 0 Å². The van der Waals surface area contributed by atoms with Gasteiger partial charge in [-0.05, 0) is 35.4 Å². The molecule has 0 aromatic heterocycles. The Balaban J connectivity index is 1.41. The number of quaternary nitrogens is 1. The van der Waals surface area contributed by atoms with Crippen LogP contribution in [0.3, 0.4) is 0 Å². The molecule has 0 atom stereocenters. The van der Waals surface area contributed by atoms with E-state index in [-0.39, 0.29) is 0 Å². The van der Waals surface area contributed by atoms with Gasteiger partial charge in [0.05, 0.1) is 26.2 Å². The first-order valence-electron chi connectivity index (χ1n) is 8.91. The van der Waals surface area contributed by atoms with E-state index in [0.717, 1.165) is 19.6 Å². The third-order valence-corrected chi connectivity index (χ3v) is 5.19. The number of aryl methyl sites for hydroxylation is 1. The lowest BCUT2D eigenvalue weighted by Crippen LogP contribution is -3.13. The normalized spacial score (nSPS) is 15.8. The van der Waals surface area contributed by atoms with Crippen molar-refractivity contribution in [3.8, 4) is 0 Å². The minimum atomic E-state index is 1.13. The Hall–Kier alpha value is -2.32. The number of nitrogens with one attached hydrogen (secondary N) is 1. The molecule has 0 bridgehead atoms. The number of anilines is 1. The molecule has 3 aromatic carbocycles. The van der Waals surface area contributed by atoms with Crippen LogP contribution in [-0.4, -0.2) is 26.2 Å². The van der Waals surface area contributed by atoms with E-state index >= 15 is 0 Å². The maximum absolute atomic E-state index is 2.54. The first kappa shape index (κ1) is 15.2. The number of nitrogens with zero attached hydrogens (tertiary/aromatic N) is 1. The summed E-state index contributed by atoms with van der Waals surface area (Å²) in [5, 5.41) is 2.69. The Morgan fingerprint density at radius 2 is 1.54 bits per heavy atom. The molecule has 0 unspecified atom stereocenters. The maximum atomic E-state index is 2.54. The lowest BCUT2D eigenvalue weighted by Gasteiger charge is -2.34. The van der Waals surface area contributed by atoms with Gasteiger partial charge in [-0.2, -0.15) is 0 Å². The van der Waals surface area contributed by atoms with Crippen LogP contribution in [0.15, 0.2) is 66.7 Å². The molecule has 1 heterocycles. The molecule has 0 aliphatic carbocycles. The molecule has 2 nitrogen and oxygen atoms in total. The molecule has 1 N–H and O–H groups in total. The van der Waals surface area contributed by atoms with E-state index < -0.39 is 0 Å². The van der Waals surface area contributed by atoms with Crippen LogP contribution in [0.1, 0.15) is 11.1 Å². The first-order valence-corrected chi connectivity index (χ1v) is 8.91. The summed E-state index contributed by atoms with van der Waals surface area (Å²) in [6.45, 7) is 8.06. The van der Waals surface area contributed by atoms with Crippen molar-refractivity contribution in [1.29, 1.82) is 0 Å². The van der Waals surface area contributed by atoms with Gasteiger partial charge in [0.25, 0.3) is 0 Å². The van der Waals surface area contributed by atoms with Gasteiger partial charge >= 0.3 is 0 Å².